The molecular weight excluding hydrogens is 228 g/mol. The molecule has 0 aliphatic carbocycles. The number of hydrogen-bond donors (Lipinski definition) is 3. The number of nitrogens with two attached hydrogens (primary N) is 2. The number of hydrogen-bond acceptors (Lipinski definition) is 6. The number of aliphatic hydroxyl groups excluding tert-OH is 1. The maximum atomic E-state index is 9.04. The average Bonchev–Trinajstić information content (AvgIpc) is 2.59. The fourth-order valence-corrected chi connectivity index (χ4v) is 2.03. The maximum Gasteiger partial charge on any atom is 0.203 e. The van der Waals surface area contributed by atoms with E-state index in [9.17, 15) is 0 Å². The Morgan fingerprint density at radius 3 is 3.00 bits per heavy atom. The van der Waals surface area contributed by atoms with Crippen molar-refractivity contribution >= 4 is 18.0 Å². The van der Waals surface area contributed by atoms with Crippen molar-refractivity contribution in [2.45, 2.75) is 24.8 Å². The van der Waals surface area contributed by atoms with E-state index in [0.717, 1.165) is 0 Å². The molecule has 5 N–H and O–H groups in total. The standard InChI is InChI=1S/C9H14N4O2S/c10-5-3-8(15-6(5)4-14)13-2-1-7(11)12-9(13)16/h1-2,5-6,8,14H,3-4,10H2,(H2,11,12,16)/t5-,6+,8+/m0/s1. The van der Waals surface area contributed by atoms with E-state index in [4.69, 9.17) is 33.5 Å². The minimum absolute atomic E-state index is 0.0899. The molecule has 1 aromatic rings. The molecule has 0 unspecified atom stereocenters. The minimum Gasteiger partial charge on any atom is -0.394 e. The van der Waals surface area contributed by atoms with Gasteiger partial charge < -0.3 is 21.3 Å². The van der Waals surface area contributed by atoms with Crippen LogP contribution in [0.3, 0.4) is 0 Å². The van der Waals surface area contributed by atoms with Crippen LogP contribution in [0.2, 0.25) is 0 Å². The van der Waals surface area contributed by atoms with E-state index in [0.29, 0.717) is 17.0 Å². The van der Waals surface area contributed by atoms with Crippen molar-refractivity contribution in [3.8, 4) is 0 Å². The molecule has 0 spiro atoms. The van der Waals surface area contributed by atoms with Gasteiger partial charge in [-0.15, -0.1) is 0 Å². The van der Waals surface area contributed by atoms with Crippen molar-refractivity contribution in [1.29, 1.82) is 0 Å². The van der Waals surface area contributed by atoms with Crippen molar-refractivity contribution in [3.05, 3.63) is 17.0 Å². The summed E-state index contributed by atoms with van der Waals surface area (Å²) in [6.07, 6.45) is 1.71. The summed E-state index contributed by atoms with van der Waals surface area (Å²) in [5.41, 5.74) is 11.3. The van der Waals surface area contributed by atoms with Gasteiger partial charge in [-0.25, -0.2) is 4.98 Å². The molecule has 6 nitrogen and oxygen atoms in total. The molecule has 1 aliphatic rings. The van der Waals surface area contributed by atoms with E-state index in [-0.39, 0.29) is 25.0 Å². The quantitative estimate of drug-likeness (QED) is 0.621. The summed E-state index contributed by atoms with van der Waals surface area (Å²) in [5, 5.41) is 9.04. The molecule has 3 atom stereocenters. The van der Waals surface area contributed by atoms with Crippen molar-refractivity contribution in [1.82, 2.24) is 9.55 Å². The lowest BCUT2D eigenvalue weighted by atomic mass is 10.1. The van der Waals surface area contributed by atoms with Crippen LogP contribution in [0, 0.1) is 4.77 Å². The molecule has 1 saturated heterocycles. The van der Waals surface area contributed by atoms with Crippen molar-refractivity contribution in [2.24, 2.45) is 5.73 Å². The van der Waals surface area contributed by atoms with E-state index in [1.807, 2.05) is 0 Å². The third-order valence-electron chi connectivity index (χ3n) is 2.62. The summed E-state index contributed by atoms with van der Waals surface area (Å²) in [4.78, 5) is 3.97. The number of nitrogen functional groups attached to an aromatic ring is 1. The topological polar surface area (TPSA) is 99.3 Å². The lowest BCUT2D eigenvalue weighted by Gasteiger charge is -2.15. The monoisotopic (exact) mass is 242 g/mol. The Balaban J connectivity index is 2.23. The summed E-state index contributed by atoms with van der Waals surface area (Å²) in [6.45, 7) is -0.0899. The number of nitrogens with zero attached hydrogens (tertiary/aromatic N) is 2. The first-order valence-corrected chi connectivity index (χ1v) is 5.39. The normalized spacial score (nSPS) is 29.5. The van der Waals surface area contributed by atoms with Gasteiger partial charge in [-0.2, -0.15) is 0 Å². The van der Waals surface area contributed by atoms with Crippen LogP contribution < -0.4 is 11.5 Å². The molecule has 16 heavy (non-hydrogen) atoms. The van der Waals surface area contributed by atoms with E-state index < -0.39 is 0 Å². The van der Waals surface area contributed by atoms with E-state index in [1.165, 1.54) is 0 Å². The molecule has 0 saturated carbocycles. The predicted octanol–water partition coefficient (Wildman–Crippen LogP) is -0.198. The Hall–Kier alpha value is -1.02. The first-order valence-electron chi connectivity index (χ1n) is 4.98. The highest BCUT2D eigenvalue weighted by Gasteiger charge is 2.33. The third-order valence-corrected chi connectivity index (χ3v) is 2.93. The van der Waals surface area contributed by atoms with Crippen molar-refractivity contribution in [2.75, 3.05) is 12.3 Å². The summed E-state index contributed by atoms with van der Waals surface area (Å²) in [7, 11) is 0. The van der Waals surface area contributed by atoms with E-state index in [2.05, 4.69) is 4.98 Å². The van der Waals surface area contributed by atoms with Crippen LogP contribution in [-0.4, -0.2) is 33.4 Å². The average molecular weight is 242 g/mol. The Morgan fingerprint density at radius 2 is 2.44 bits per heavy atom. The second-order valence-corrected chi connectivity index (χ2v) is 4.12. The van der Waals surface area contributed by atoms with Gasteiger partial charge in [0.05, 0.1) is 12.7 Å². The van der Waals surface area contributed by atoms with Crippen LogP contribution in [0.5, 0.6) is 0 Å². The van der Waals surface area contributed by atoms with Gasteiger partial charge in [-0.1, -0.05) is 0 Å². The van der Waals surface area contributed by atoms with Gasteiger partial charge in [0.2, 0.25) is 4.77 Å². The summed E-state index contributed by atoms with van der Waals surface area (Å²) < 4.78 is 7.62. The van der Waals surface area contributed by atoms with Gasteiger partial charge >= 0.3 is 0 Å². The minimum atomic E-state index is -0.343. The highest BCUT2D eigenvalue weighted by Crippen LogP contribution is 2.27. The maximum absolute atomic E-state index is 9.04. The van der Waals surface area contributed by atoms with Crippen LogP contribution in [0.1, 0.15) is 12.6 Å². The van der Waals surface area contributed by atoms with E-state index >= 15 is 0 Å². The second-order valence-electron chi connectivity index (χ2n) is 3.75. The molecule has 2 rings (SSSR count). The zero-order valence-electron chi connectivity index (χ0n) is 8.61. The van der Waals surface area contributed by atoms with Gasteiger partial charge in [0, 0.05) is 18.7 Å². The lowest BCUT2D eigenvalue weighted by Crippen LogP contribution is -2.32. The third kappa shape index (κ3) is 2.07. The summed E-state index contributed by atoms with van der Waals surface area (Å²) in [5.74, 6) is 0.377. The molecule has 0 bridgehead atoms. The van der Waals surface area contributed by atoms with Gasteiger partial charge in [0.1, 0.15) is 12.0 Å². The molecule has 0 aromatic carbocycles. The number of aliphatic hydroxyl groups is 1. The van der Waals surface area contributed by atoms with Crippen LogP contribution in [0.25, 0.3) is 0 Å². The highest BCUT2D eigenvalue weighted by atomic mass is 32.1. The van der Waals surface area contributed by atoms with Crippen molar-refractivity contribution < 1.29 is 9.84 Å². The fourth-order valence-electron chi connectivity index (χ4n) is 1.75. The highest BCUT2D eigenvalue weighted by molar-refractivity contribution is 7.71. The fraction of sp³-hybridized carbons (Fsp3) is 0.556. The molecule has 1 fully saturated rings. The Bertz CT molecular complexity index is 436. The molecule has 7 heteroatoms. The molecular formula is C9H14N4O2S. The molecule has 0 radical (unpaired) electrons. The Labute approximate surface area is 97.8 Å². The lowest BCUT2D eigenvalue weighted by molar-refractivity contribution is -0.0261. The Kier molecular flexibility index (Phi) is 3.20. The summed E-state index contributed by atoms with van der Waals surface area (Å²) in [6, 6.07) is 1.46. The SMILES string of the molecule is Nc1ccn([C@H]2C[C@H](N)[C@@H](CO)O2)c(=S)n1. The molecule has 1 aliphatic heterocycles. The first kappa shape index (κ1) is 11.5. The number of aromatic nitrogens is 2. The van der Waals surface area contributed by atoms with Gasteiger partial charge in [0.15, 0.2) is 0 Å². The Morgan fingerprint density at radius 1 is 1.69 bits per heavy atom. The largest absolute Gasteiger partial charge is 0.394 e. The predicted molar refractivity (Wildman–Crippen MR) is 61.1 cm³/mol. The zero-order chi connectivity index (χ0) is 11.7. The molecule has 1 aromatic heterocycles. The second kappa shape index (κ2) is 4.46. The van der Waals surface area contributed by atoms with Gasteiger partial charge in [-0.05, 0) is 18.3 Å². The smallest absolute Gasteiger partial charge is 0.203 e. The van der Waals surface area contributed by atoms with E-state index in [1.54, 1.807) is 16.8 Å². The van der Waals surface area contributed by atoms with Gasteiger partial charge in [-0.3, -0.25) is 4.57 Å². The first-order chi connectivity index (χ1) is 7.61. The molecule has 2 heterocycles. The van der Waals surface area contributed by atoms with Crippen molar-refractivity contribution in [3.63, 3.8) is 0 Å². The van der Waals surface area contributed by atoms with Crippen LogP contribution in [0.15, 0.2) is 12.3 Å². The summed E-state index contributed by atoms with van der Waals surface area (Å²) >= 11 is 5.08. The van der Waals surface area contributed by atoms with Gasteiger partial charge in [0.25, 0.3) is 0 Å². The molecule has 0 amide bonds. The number of anilines is 1. The van der Waals surface area contributed by atoms with Crippen LogP contribution >= 0.6 is 12.2 Å². The number of rotatable bonds is 2. The zero-order valence-corrected chi connectivity index (χ0v) is 9.43. The molecule has 88 valence electrons. The number of ether oxygens (including phenoxy) is 1. The van der Waals surface area contributed by atoms with Crippen LogP contribution in [-0.2, 0) is 4.74 Å². The van der Waals surface area contributed by atoms with Crippen LogP contribution in [0.4, 0.5) is 5.82 Å².